The molecule has 0 saturated carbocycles. The highest BCUT2D eigenvalue weighted by Crippen LogP contribution is 2.08. The number of anilines is 1. The molecular weight excluding hydrogens is 202 g/mol. The fraction of sp³-hybridized carbons (Fsp3) is 0.167. The van der Waals surface area contributed by atoms with E-state index in [9.17, 15) is 4.79 Å². The Balaban J connectivity index is 2.00. The highest BCUT2D eigenvalue weighted by atomic mass is 16.1. The van der Waals surface area contributed by atoms with Crippen LogP contribution >= 0.6 is 0 Å². The van der Waals surface area contributed by atoms with Crippen LogP contribution < -0.4 is 5.32 Å². The van der Waals surface area contributed by atoms with Gasteiger partial charge in [0.15, 0.2) is 0 Å². The van der Waals surface area contributed by atoms with Crippen LogP contribution in [0, 0.1) is 6.92 Å². The molecule has 0 aliphatic carbocycles. The number of carbonyl (C=O) groups is 1. The van der Waals surface area contributed by atoms with Crippen LogP contribution in [-0.4, -0.2) is 15.9 Å². The second-order valence-electron chi connectivity index (χ2n) is 3.59. The van der Waals surface area contributed by atoms with Crippen LogP contribution in [0.3, 0.4) is 0 Å². The normalized spacial score (nSPS) is 10.1. The molecule has 4 nitrogen and oxygen atoms in total. The summed E-state index contributed by atoms with van der Waals surface area (Å²) in [6.45, 7) is 2.00. The molecule has 0 radical (unpaired) electrons. The topological polar surface area (TPSA) is 57.8 Å². The lowest BCUT2D eigenvalue weighted by Gasteiger charge is -2.04. The second-order valence-corrected chi connectivity index (χ2v) is 3.59. The minimum Gasteiger partial charge on any atom is -0.331 e. The average molecular weight is 215 g/mol. The number of benzene rings is 1. The van der Waals surface area contributed by atoms with Crippen LogP contribution in [0.2, 0.25) is 0 Å². The highest BCUT2D eigenvalue weighted by Gasteiger charge is 2.06. The van der Waals surface area contributed by atoms with E-state index in [2.05, 4.69) is 15.3 Å². The van der Waals surface area contributed by atoms with E-state index >= 15 is 0 Å². The molecule has 1 heterocycles. The van der Waals surface area contributed by atoms with Gasteiger partial charge in [-0.2, -0.15) is 0 Å². The SMILES string of the molecule is Cc1ccccc1CC(=O)Nc1ncc[nH]1. The summed E-state index contributed by atoms with van der Waals surface area (Å²) in [5.41, 5.74) is 2.16. The highest BCUT2D eigenvalue weighted by molar-refractivity contribution is 5.90. The van der Waals surface area contributed by atoms with E-state index < -0.39 is 0 Å². The van der Waals surface area contributed by atoms with Gasteiger partial charge in [-0.3, -0.25) is 10.1 Å². The summed E-state index contributed by atoms with van der Waals surface area (Å²) in [6, 6.07) is 7.85. The van der Waals surface area contributed by atoms with Crippen molar-refractivity contribution >= 4 is 11.9 Å². The third-order valence-corrected chi connectivity index (χ3v) is 2.37. The molecule has 4 heteroatoms. The number of hydrogen-bond donors (Lipinski definition) is 2. The monoisotopic (exact) mass is 215 g/mol. The third kappa shape index (κ3) is 2.48. The van der Waals surface area contributed by atoms with Crippen molar-refractivity contribution in [1.29, 1.82) is 0 Å². The number of aryl methyl sites for hydroxylation is 1. The van der Waals surface area contributed by atoms with Gasteiger partial charge in [-0.05, 0) is 18.1 Å². The minimum absolute atomic E-state index is 0.0655. The number of nitrogens with zero attached hydrogens (tertiary/aromatic N) is 1. The van der Waals surface area contributed by atoms with Gasteiger partial charge in [0.1, 0.15) is 0 Å². The predicted molar refractivity (Wildman–Crippen MR) is 62.1 cm³/mol. The zero-order valence-electron chi connectivity index (χ0n) is 9.03. The Morgan fingerprint density at radius 1 is 1.44 bits per heavy atom. The molecule has 1 aromatic heterocycles. The Morgan fingerprint density at radius 3 is 2.94 bits per heavy atom. The van der Waals surface area contributed by atoms with E-state index in [1.54, 1.807) is 12.4 Å². The number of rotatable bonds is 3. The summed E-state index contributed by atoms with van der Waals surface area (Å²) in [7, 11) is 0. The molecule has 2 rings (SSSR count). The number of amides is 1. The van der Waals surface area contributed by atoms with E-state index in [0.717, 1.165) is 11.1 Å². The van der Waals surface area contributed by atoms with Crippen molar-refractivity contribution in [1.82, 2.24) is 9.97 Å². The molecule has 0 aliphatic heterocycles. The summed E-state index contributed by atoms with van der Waals surface area (Å²) < 4.78 is 0. The van der Waals surface area contributed by atoms with Crippen LogP contribution in [0.15, 0.2) is 36.7 Å². The third-order valence-electron chi connectivity index (χ3n) is 2.37. The number of hydrogen-bond acceptors (Lipinski definition) is 2. The van der Waals surface area contributed by atoms with Crippen molar-refractivity contribution in [2.75, 3.05) is 5.32 Å². The van der Waals surface area contributed by atoms with Gasteiger partial charge in [-0.1, -0.05) is 24.3 Å². The number of H-pyrrole nitrogens is 1. The molecule has 0 unspecified atom stereocenters. The summed E-state index contributed by atoms with van der Waals surface area (Å²) in [5.74, 6) is 0.419. The van der Waals surface area contributed by atoms with Gasteiger partial charge in [0.25, 0.3) is 0 Å². The molecule has 0 bridgehead atoms. The Morgan fingerprint density at radius 2 is 2.25 bits per heavy atom. The van der Waals surface area contributed by atoms with Crippen molar-refractivity contribution < 1.29 is 4.79 Å². The second kappa shape index (κ2) is 4.61. The minimum atomic E-state index is -0.0655. The van der Waals surface area contributed by atoms with Crippen molar-refractivity contribution in [3.63, 3.8) is 0 Å². The molecule has 0 saturated heterocycles. The zero-order chi connectivity index (χ0) is 11.4. The molecule has 0 aliphatic rings. The van der Waals surface area contributed by atoms with Crippen molar-refractivity contribution in [2.24, 2.45) is 0 Å². The van der Waals surface area contributed by atoms with Crippen molar-refractivity contribution in [3.05, 3.63) is 47.8 Å². The summed E-state index contributed by atoms with van der Waals surface area (Å²) in [5, 5.41) is 2.69. The molecule has 16 heavy (non-hydrogen) atoms. The van der Waals surface area contributed by atoms with Crippen molar-refractivity contribution in [2.45, 2.75) is 13.3 Å². The Hall–Kier alpha value is -2.10. The van der Waals surface area contributed by atoms with Crippen LogP contribution in [-0.2, 0) is 11.2 Å². The first-order valence-electron chi connectivity index (χ1n) is 5.09. The maximum atomic E-state index is 11.7. The van der Waals surface area contributed by atoms with Crippen molar-refractivity contribution in [3.8, 4) is 0 Å². The van der Waals surface area contributed by atoms with Gasteiger partial charge in [0.2, 0.25) is 11.9 Å². The van der Waals surface area contributed by atoms with E-state index in [-0.39, 0.29) is 5.91 Å². The van der Waals surface area contributed by atoms with Crippen LogP contribution in [0.4, 0.5) is 5.95 Å². The smallest absolute Gasteiger partial charge is 0.231 e. The number of imidazole rings is 1. The van der Waals surface area contributed by atoms with Crippen LogP contribution in [0.25, 0.3) is 0 Å². The van der Waals surface area contributed by atoms with E-state index in [4.69, 9.17) is 0 Å². The lowest BCUT2D eigenvalue weighted by atomic mass is 10.1. The zero-order valence-corrected chi connectivity index (χ0v) is 9.03. The number of carbonyl (C=O) groups excluding carboxylic acids is 1. The first kappa shape index (κ1) is 10.4. The molecule has 2 aromatic rings. The van der Waals surface area contributed by atoms with Gasteiger partial charge < -0.3 is 4.98 Å². The Bertz CT molecular complexity index is 477. The van der Waals surface area contributed by atoms with Gasteiger partial charge in [0.05, 0.1) is 6.42 Å². The Labute approximate surface area is 93.7 Å². The van der Waals surface area contributed by atoms with E-state index in [1.165, 1.54) is 0 Å². The van der Waals surface area contributed by atoms with Gasteiger partial charge in [-0.25, -0.2) is 4.98 Å². The first-order valence-corrected chi connectivity index (χ1v) is 5.09. The lowest BCUT2D eigenvalue weighted by Crippen LogP contribution is -2.15. The molecular formula is C12H13N3O. The molecule has 82 valence electrons. The number of aromatic amines is 1. The fourth-order valence-corrected chi connectivity index (χ4v) is 1.49. The molecule has 0 fully saturated rings. The van der Waals surface area contributed by atoms with Gasteiger partial charge >= 0.3 is 0 Å². The summed E-state index contributed by atoms with van der Waals surface area (Å²) >= 11 is 0. The molecule has 1 amide bonds. The molecule has 0 spiro atoms. The molecule has 2 N–H and O–H groups in total. The largest absolute Gasteiger partial charge is 0.331 e. The predicted octanol–water partition coefficient (Wildman–Crippen LogP) is 1.90. The fourth-order valence-electron chi connectivity index (χ4n) is 1.49. The van der Waals surface area contributed by atoms with E-state index in [0.29, 0.717) is 12.4 Å². The number of nitrogens with one attached hydrogen (secondary N) is 2. The lowest BCUT2D eigenvalue weighted by molar-refractivity contribution is -0.115. The van der Waals surface area contributed by atoms with E-state index in [1.807, 2.05) is 31.2 Å². The Kier molecular flexibility index (Phi) is 3.00. The maximum absolute atomic E-state index is 11.7. The van der Waals surface area contributed by atoms with Gasteiger partial charge in [-0.15, -0.1) is 0 Å². The standard InChI is InChI=1S/C12H13N3O/c1-9-4-2-3-5-10(9)8-11(16)15-12-13-6-7-14-12/h2-7H,8H2,1H3,(H2,13,14,15,16). The summed E-state index contributed by atoms with van der Waals surface area (Å²) in [4.78, 5) is 18.4. The molecule has 0 atom stereocenters. The number of aromatic nitrogens is 2. The molecule has 1 aromatic carbocycles. The maximum Gasteiger partial charge on any atom is 0.231 e. The summed E-state index contributed by atoms with van der Waals surface area (Å²) in [6.07, 6.45) is 3.64. The average Bonchev–Trinajstić information content (AvgIpc) is 2.74. The van der Waals surface area contributed by atoms with Gasteiger partial charge in [0, 0.05) is 12.4 Å². The van der Waals surface area contributed by atoms with Crippen LogP contribution in [0.1, 0.15) is 11.1 Å². The van der Waals surface area contributed by atoms with Crippen LogP contribution in [0.5, 0.6) is 0 Å². The quantitative estimate of drug-likeness (QED) is 0.821. The first-order chi connectivity index (χ1) is 7.75.